The smallest absolute Gasteiger partial charge is 0.282 e. The number of para-hydroxylation sites is 1. The first-order valence-corrected chi connectivity index (χ1v) is 10.5. The SMILES string of the molecule is CN(C1CCOCC1)S(=O)(=O)N1CC=C(c2c[nH]c3ccccc23)CC1. The number of benzene rings is 1. The highest BCUT2D eigenvalue weighted by atomic mass is 32.2. The molecule has 0 amide bonds. The molecule has 2 aromatic rings. The van der Waals surface area contributed by atoms with E-state index in [4.69, 9.17) is 4.74 Å². The Morgan fingerprint density at radius 2 is 2.00 bits per heavy atom. The number of ether oxygens (including phenoxy) is 1. The number of nitrogens with zero attached hydrogens (tertiary/aromatic N) is 2. The van der Waals surface area contributed by atoms with Gasteiger partial charge in [0.05, 0.1) is 0 Å². The Morgan fingerprint density at radius 3 is 2.73 bits per heavy atom. The zero-order valence-electron chi connectivity index (χ0n) is 15.0. The normalized spacial score (nSPS) is 20.6. The minimum Gasteiger partial charge on any atom is -0.381 e. The van der Waals surface area contributed by atoms with Gasteiger partial charge in [-0.25, -0.2) is 0 Å². The third-order valence-corrected chi connectivity index (χ3v) is 7.51. The zero-order valence-corrected chi connectivity index (χ0v) is 15.8. The van der Waals surface area contributed by atoms with Crippen molar-refractivity contribution in [3.63, 3.8) is 0 Å². The molecule has 140 valence electrons. The van der Waals surface area contributed by atoms with Gasteiger partial charge in [-0.15, -0.1) is 0 Å². The van der Waals surface area contributed by atoms with Crippen LogP contribution in [0.5, 0.6) is 0 Å². The third kappa shape index (κ3) is 3.20. The lowest BCUT2D eigenvalue weighted by molar-refractivity contribution is 0.0619. The Kier molecular flexibility index (Phi) is 4.88. The van der Waals surface area contributed by atoms with Crippen molar-refractivity contribution in [3.8, 4) is 0 Å². The van der Waals surface area contributed by atoms with Crippen molar-refractivity contribution in [1.29, 1.82) is 0 Å². The summed E-state index contributed by atoms with van der Waals surface area (Å²) in [5, 5.41) is 1.19. The fourth-order valence-electron chi connectivity index (χ4n) is 3.86. The molecule has 0 aliphatic carbocycles. The molecule has 0 spiro atoms. The first-order valence-electron chi connectivity index (χ1n) is 9.14. The van der Waals surface area contributed by atoms with Gasteiger partial charge < -0.3 is 9.72 Å². The Bertz CT molecular complexity index is 913. The van der Waals surface area contributed by atoms with Crippen molar-refractivity contribution in [3.05, 3.63) is 42.1 Å². The maximum Gasteiger partial charge on any atom is 0.282 e. The summed E-state index contributed by atoms with van der Waals surface area (Å²) < 4.78 is 34.4. The number of aromatic amines is 1. The van der Waals surface area contributed by atoms with Crippen molar-refractivity contribution in [2.24, 2.45) is 0 Å². The van der Waals surface area contributed by atoms with Crippen LogP contribution >= 0.6 is 0 Å². The summed E-state index contributed by atoms with van der Waals surface area (Å²) >= 11 is 0. The molecular formula is C19H25N3O3S. The monoisotopic (exact) mass is 375 g/mol. The highest BCUT2D eigenvalue weighted by Crippen LogP contribution is 2.30. The molecule has 1 aromatic heterocycles. The van der Waals surface area contributed by atoms with Crippen LogP contribution in [0.4, 0.5) is 0 Å². The van der Waals surface area contributed by atoms with Gasteiger partial charge in [-0.05, 0) is 30.9 Å². The topological polar surface area (TPSA) is 65.6 Å². The number of H-pyrrole nitrogens is 1. The zero-order chi connectivity index (χ0) is 18.1. The molecule has 3 heterocycles. The van der Waals surface area contributed by atoms with Gasteiger partial charge in [0.25, 0.3) is 10.2 Å². The number of rotatable bonds is 4. The standard InChI is InChI=1S/C19H25N3O3S/c1-21(16-8-12-25-13-9-16)26(23,24)22-10-6-15(7-11-22)18-14-20-19-5-3-2-4-17(18)19/h2-6,14,16,20H,7-13H2,1H3. The predicted octanol–water partition coefficient (Wildman–Crippen LogP) is 2.61. The van der Waals surface area contributed by atoms with Crippen molar-refractivity contribution < 1.29 is 13.2 Å². The van der Waals surface area contributed by atoms with Crippen LogP contribution in [0.15, 0.2) is 36.5 Å². The van der Waals surface area contributed by atoms with Crippen LogP contribution in [-0.2, 0) is 14.9 Å². The summed E-state index contributed by atoms with van der Waals surface area (Å²) in [6.45, 7) is 2.20. The molecule has 0 atom stereocenters. The van der Waals surface area contributed by atoms with Crippen molar-refractivity contribution in [2.75, 3.05) is 33.4 Å². The third-order valence-electron chi connectivity index (χ3n) is 5.50. The molecule has 0 bridgehead atoms. The van der Waals surface area contributed by atoms with Crippen molar-refractivity contribution in [1.82, 2.24) is 13.6 Å². The minimum absolute atomic E-state index is 0.0349. The van der Waals surface area contributed by atoms with Crippen LogP contribution in [0.2, 0.25) is 0 Å². The number of hydrogen-bond acceptors (Lipinski definition) is 3. The molecular weight excluding hydrogens is 350 g/mol. The van der Waals surface area contributed by atoms with Gasteiger partial charge in [0.1, 0.15) is 0 Å². The van der Waals surface area contributed by atoms with E-state index in [0.717, 1.165) is 24.8 Å². The van der Waals surface area contributed by atoms with E-state index < -0.39 is 10.2 Å². The van der Waals surface area contributed by atoms with E-state index in [1.54, 1.807) is 15.7 Å². The number of hydrogen-bond donors (Lipinski definition) is 1. The van der Waals surface area contributed by atoms with Crippen molar-refractivity contribution >= 4 is 26.7 Å². The Balaban J connectivity index is 1.51. The lowest BCUT2D eigenvalue weighted by atomic mass is 10.00. The molecule has 0 radical (unpaired) electrons. The van der Waals surface area contributed by atoms with E-state index in [1.807, 2.05) is 18.3 Å². The molecule has 1 fully saturated rings. The number of fused-ring (bicyclic) bond motifs is 1. The van der Waals surface area contributed by atoms with Crippen LogP contribution in [-0.4, -0.2) is 61.4 Å². The second kappa shape index (κ2) is 7.15. The van der Waals surface area contributed by atoms with Crippen LogP contribution < -0.4 is 0 Å². The minimum atomic E-state index is -3.44. The highest BCUT2D eigenvalue weighted by Gasteiger charge is 2.33. The number of aromatic nitrogens is 1. The van der Waals surface area contributed by atoms with Gasteiger partial charge in [-0.1, -0.05) is 24.3 Å². The summed E-state index contributed by atoms with van der Waals surface area (Å²) in [6, 6.07) is 8.24. The average Bonchev–Trinajstić information content (AvgIpc) is 3.12. The van der Waals surface area contributed by atoms with E-state index in [1.165, 1.54) is 16.5 Å². The maximum absolute atomic E-state index is 13.0. The lowest BCUT2D eigenvalue weighted by Gasteiger charge is -2.35. The predicted molar refractivity (Wildman–Crippen MR) is 103 cm³/mol. The Labute approximate surface area is 154 Å². The second-order valence-electron chi connectivity index (χ2n) is 6.95. The fraction of sp³-hybridized carbons (Fsp3) is 0.474. The van der Waals surface area contributed by atoms with Crippen molar-refractivity contribution in [2.45, 2.75) is 25.3 Å². The summed E-state index contributed by atoms with van der Waals surface area (Å²) in [7, 11) is -1.74. The summed E-state index contributed by atoms with van der Waals surface area (Å²) in [6.07, 6.45) is 6.33. The van der Waals surface area contributed by atoms with Gasteiger partial charge >= 0.3 is 0 Å². The molecule has 4 rings (SSSR count). The van der Waals surface area contributed by atoms with Gasteiger partial charge in [-0.2, -0.15) is 17.0 Å². The van der Waals surface area contributed by atoms with Gasteiger partial charge in [0.15, 0.2) is 0 Å². The van der Waals surface area contributed by atoms with Crippen LogP contribution in [0, 0.1) is 0 Å². The molecule has 7 heteroatoms. The Hall–Kier alpha value is -1.67. The first kappa shape index (κ1) is 17.7. The second-order valence-corrected chi connectivity index (χ2v) is 8.94. The average molecular weight is 375 g/mol. The van der Waals surface area contributed by atoms with Crippen LogP contribution in [0.1, 0.15) is 24.8 Å². The summed E-state index contributed by atoms with van der Waals surface area (Å²) in [5.74, 6) is 0. The first-order chi connectivity index (χ1) is 12.6. The van der Waals surface area contributed by atoms with Crippen LogP contribution in [0.25, 0.3) is 16.5 Å². The van der Waals surface area contributed by atoms with E-state index in [2.05, 4.69) is 23.2 Å². The summed E-state index contributed by atoms with van der Waals surface area (Å²) in [5.41, 5.74) is 3.50. The molecule has 2 aliphatic heterocycles. The molecule has 1 aromatic carbocycles. The molecule has 26 heavy (non-hydrogen) atoms. The lowest BCUT2D eigenvalue weighted by Crippen LogP contribution is -2.49. The molecule has 2 aliphatic rings. The summed E-state index contributed by atoms with van der Waals surface area (Å²) in [4.78, 5) is 3.30. The highest BCUT2D eigenvalue weighted by molar-refractivity contribution is 7.86. The molecule has 1 N–H and O–H groups in total. The number of nitrogens with one attached hydrogen (secondary N) is 1. The van der Waals surface area contributed by atoms with E-state index in [-0.39, 0.29) is 6.04 Å². The van der Waals surface area contributed by atoms with E-state index in [9.17, 15) is 8.42 Å². The fourth-order valence-corrected chi connectivity index (χ4v) is 5.40. The van der Waals surface area contributed by atoms with Gasteiger partial charge in [-0.3, -0.25) is 0 Å². The van der Waals surface area contributed by atoms with E-state index in [0.29, 0.717) is 26.3 Å². The Morgan fingerprint density at radius 1 is 1.23 bits per heavy atom. The molecule has 0 saturated carbocycles. The molecule has 6 nitrogen and oxygen atoms in total. The maximum atomic E-state index is 13.0. The largest absolute Gasteiger partial charge is 0.381 e. The quantitative estimate of drug-likeness (QED) is 0.893. The molecule has 0 unspecified atom stereocenters. The van der Waals surface area contributed by atoms with Gasteiger partial charge in [0, 0.05) is 62.1 Å². The van der Waals surface area contributed by atoms with E-state index >= 15 is 0 Å². The van der Waals surface area contributed by atoms with Crippen LogP contribution in [0.3, 0.4) is 0 Å². The van der Waals surface area contributed by atoms with Gasteiger partial charge in [0.2, 0.25) is 0 Å². The molecule has 1 saturated heterocycles.